The first-order valence-electron chi connectivity index (χ1n) is 8.21. The van der Waals surface area contributed by atoms with Crippen LogP contribution in [-0.4, -0.2) is 35.9 Å². The molecule has 0 atom stereocenters. The minimum absolute atomic E-state index is 0.114. The van der Waals surface area contributed by atoms with Gasteiger partial charge >= 0.3 is 0 Å². The first kappa shape index (κ1) is 16.5. The molecule has 1 saturated carbocycles. The Morgan fingerprint density at radius 2 is 2.16 bits per heavy atom. The van der Waals surface area contributed by atoms with Gasteiger partial charge in [-0.3, -0.25) is 9.36 Å². The van der Waals surface area contributed by atoms with Crippen LogP contribution in [0, 0.1) is 20.8 Å². The Hall–Kier alpha value is -1.93. The highest BCUT2D eigenvalue weighted by atomic mass is 32.2. The molecule has 4 rings (SSSR count). The number of Topliss-reactive ketones (excluding diaryl/α,β-unsaturated/α-hetero) is 1. The Kier molecular flexibility index (Phi) is 4.24. The Balaban J connectivity index is 1.53. The van der Waals surface area contributed by atoms with Gasteiger partial charge in [-0.15, -0.1) is 21.5 Å². The molecule has 1 aliphatic rings. The summed E-state index contributed by atoms with van der Waals surface area (Å²) >= 11 is 3.06. The fourth-order valence-electron chi connectivity index (χ4n) is 2.93. The van der Waals surface area contributed by atoms with E-state index in [1.165, 1.54) is 24.6 Å². The fourth-order valence-corrected chi connectivity index (χ4v) is 4.71. The molecule has 0 amide bonds. The Bertz CT molecular complexity index is 935. The summed E-state index contributed by atoms with van der Waals surface area (Å²) in [6.07, 6.45) is 4.11. The second-order valence-electron chi connectivity index (χ2n) is 6.36. The van der Waals surface area contributed by atoms with Gasteiger partial charge in [0.05, 0.1) is 11.4 Å². The molecule has 1 aliphatic carbocycles. The largest absolute Gasteiger partial charge is 0.306 e. The molecule has 0 aromatic carbocycles. The monoisotopic (exact) mass is 373 g/mol. The van der Waals surface area contributed by atoms with Crippen molar-refractivity contribution >= 4 is 28.9 Å². The van der Waals surface area contributed by atoms with Gasteiger partial charge in [0.25, 0.3) is 0 Å². The zero-order chi connectivity index (χ0) is 17.6. The van der Waals surface area contributed by atoms with E-state index < -0.39 is 0 Å². The molecule has 0 radical (unpaired) electrons. The molecule has 0 spiro atoms. The second-order valence-corrected chi connectivity index (χ2v) is 8.13. The van der Waals surface area contributed by atoms with Crippen molar-refractivity contribution in [2.45, 2.75) is 44.8 Å². The normalized spacial score (nSPS) is 14.2. The maximum absolute atomic E-state index is 12.8. The molecule has 0 saturated heterocycles. The van der Waals surface area contributed by atoms with E-state index in [-0.39, 0.29) is 5.78 Å². The van der Waals surface area contributed by atoms with Crippen molar-refractivity contribution in [2.75, 3.05) is 5.75 Å². The van der Waals surface area contributed by atoms with Gasteiger partial charge in [0, 0.05) is 28.4 Å². The zero-order valence-corrected chi connectivity index (χ0v) is 16.0. The number of carbonyl (C=O) groups excluding carboxylic acids is 1. The minimum atomic E-state index is 0.114. The highest BCUT2D eigenvalue weighted by Gasteiger charge is 2.27. The number of aryl methyl sites for hydroxylation is 2. The van der Waals surface area contributed by atoms with E-state index in [9.17, 15) is 4.79 Å². The fraction of sp³-hybridized carbons (Fsp3) is 0.412. The van der Waals surface area contributed by atoms with Crippen molar-refractivity contribution in [2.24, 2.45) is 0 Å². The van der Waals surface area contributed by atoms with E-state index in [2.05, 4.69) is 24.3 Å². The highest BCUT2D eigenvalue weighted by molar-refractivity contribution is 7.99. The van der Waals surface area contributed by atoms with Crippen LogP contribution >= 0.6 is 23.1 Å². The van der Waals surface area contributed by atoms with Crippen LogP contribution in [0.3, 0.4) is 0 Å². The quantitative estimate of drug-likeness (QED) is 0.486. The molecule has 8 heteroatoms. The number of carbonyl (C=O) groups is 1. The van der Waals surface area contributed by atoms with Crippen molar-refractivity contribution in [3.8, 4) is 5.13 Å². The van der Waals surface area contributed by atoms with E-state index >= 15 is 0 Å². The molecule has 25 heavy (non-hydrogen) atoms. The number of nitrogens with zero attached hydrogens (tertiary/aromatic N) is 5. The SMILES string of the molecule is Cc1csc(-n2c(C)cc(C(=O)CSc3nncn3C3CC3)c2C)n1. The minimum Gasteiger partial charge on any atom is -0.306 e. The third kappa shape index (κ3) is 3.16. The second kappa shape index (κ2) is 6.42. The van der Waals surface area contributed by atoms with Gasteiger partial charge in [0.2, 0.25) is 0 Å². The van der Waals surface area contributed by atoms with Crippen LogP contribution in [0.4, 0.5) is 0 Å². The zero-order valence-electron chi connectivity index (χ0n) is 14.4. The van der Waals surface area contributed by atoms with Gasteiger partial charge in [-0.2, -0.15) is 0 Å². The molecular weight excluding hydrogens is 354 g/mol. The van der Waals surface area contributed by atoms with E-state index in [0.29, 0.717) is 11.8 Å². The summed E-state index contributed by atoms with van der Waals surface area (Å²) in [6.45, 7) is 5.97. The van der Waals surface area contributed by atoms with Gasteiger partial charge in [0.15, 0.2) is 16.1 Å². The van der Waals surface area contributed by atoms with E-state index in [4.69, 9.17) is 0 Å². The summed E-state index contributed by atoms with van der Waals surface area (Å²) in [5.41, 5.74) is 3.73. The number of rotatable bonds is 6. The standard InChI is InChI=1S/C17H19N5OS2/c1-10-7-24-16(19-10)22-11(2)6-14(12(22)3)15(23)8-25-17-20-18-9-21(17)13-4-5-13/h6-7,9,13H,4-5,8H2,1-3H3. The van der Waals surface area contributed by atoms with Crippen molar-refractivity contribution in [3.05, 3.63) is 40.4 Å². The number of ketones is 1. The Morgan fingerprint density at radius 1 is 1.36 bits per heavy atom. The third-order valence-electron chi connectivity index (χ3n) is 4.34. The third-order valence-corrected chi connectivity index (χ3v) is 6.24. The Morgan fingerprint density at radius 3 is 2.84 bits per heavy atom. The van der Waals surface area contributed by atoms with E-state index in [1.807, 2.05) is 32.2 Å². The van der Waals surface area contributed by atoms with Crippen molar-refractivity contribution in [3.63, 3.8) is 0 Å². The smallest absolute Gasteiger partial charge is 0.194 e. The molecule has 0 aliphatic heterocycles. The number of hydrogen-bond donors (Lipinski definition) is 0. The summed E-state index contributed by atoms with van der Waals surface area (Å²) in [7, 11) is 0. The van der Waals surface area contributed by atoms with Crippen LogP contribution in [0.1, 0.15) is 46.3 Å². The summed E-state index contributed by atoms with van der Waals surface area (Å²) in [6, 6.07) is 2.48. The van der Waals surface area contributed by atoms with Crippen LogP contribution in [0.15, 0.2) is 22.9 Å². The molecule has 130 valence electrons. The molecule has 1 fully saturated rings. The predicted octanol–water partition coefficient (Wildman–Crippen LogP) is 3.76. The maximum atomic E-state index is 12.8. The molecule has 0 N–H and O–H groups in total. The van der Waals surface area contributed by atoms with Crippen LogP contribution in [0.2, 0.25) is 0 Å². The topological polar surface area (TPSA) is 65.6 Å². The van der Waals surface area contributed by atoms with Gasteiger partial charge in [-0.25, -0.2) is 4.98 Å². The molecule has 3 aromatic rings. The lowest BCUT2D eigenvalue weighted by Crippen LogP contribution is -2.06. The Labute approximate surface area is 154 Å². The van der Waals surface area contributed by atoms with Crippen LogP contribution < -0.4 is 0 Å². The number of thioether (sulfide) groups is 1. The summed E-state index contributed by atoms with van der Waals surface area (Å²) in [5, 5.41) is 11.9. The summed E-state index contributed by atoms with van der Waals surface area (Å²) in [4.78, 5) is 17.3. The van der Waals surface area contributed by atoms with Crippen LogP contribution in [-0.2, 0) is 0 Å². The van der Waals surface area contributed by atoms with Crippen molar-refractivity contribution in [1.82, 2.24) is 24.3 Å². The summed E-state index contributed by atoms with van der Waals surface area (Å²) < 4.78 is 4.14. The van der Waals surface area contributed by atoms with Gasteiger partial charge < -0.3 is 4.57 Å². The first-order chi connectivity index (χ1) is 12.0. The number of aromatic nitrogens is 5. The molecule has 3 heterocycles. The molecule has 0 bridgehead atoms. The molecule has 0 unspecified atom stereocenters. The lowest BCUT2D eigenvalue weighted by Gasteiger charge is -2.06. The number of hydrogen-bond acceptors (Lipinski definition) is 6. The van der Waals surface area contributed by atoms with Crippen molar-refractivity contribution < 1.29 is 4.79 Å². The predicted molar refractivity (Wildman–Crippen MR) is 99.0 cm³/mol. The first-order valence-corrected chi connectivity index (χ1v) is 10.1. The molecule has 3 aromatic heterocycles. The van der Waals surface area contributed by atoms with Gasteiger partial charge in [-0.05, 0) is 39.7 Å². The average Bonchev–Trinajstić information content (AvgIpc) is 3.03. The van der Waals surface area contributed by atoms with E-state index in [1.54, 1.807) is 17.7 Å². The number of thiazole rings is 1. The molecule has 6 nitrogen and oxygen atoms in total. The maximum Gasteiger partial charge on any atom is 0.194 e. The van der Waals surface area contributed by atoms with Crippen molar-refractivity contribution in [1.29, 1.82) is 0 Å². The lowest BCUT2D eigenvalue weighted by atomic mass is 10.2. The summed E-state index contributed by atoms with van der Waals surface area (Å²) in [5.74, 6) is 0.482. The van der Waals surface area contributed by atoms with Crippen LogP contribution in [0.25, 0.3) is 5.13 Å². The van der Waals surface area contributed by atoms with Crippen LogP contribution in [0.5, 0.6) is 0 Å². The molecular formula is C17H19N5OS2. The van der Waals surface area contributed by atoms with E-state index in [0.717, 1.165) is 32.9 Å². The average molecular weight is 374 g/mol. The lowest BCUT2D eigenvalue weighted by molar-refractivity contribution is 0.102. The van der Waals surface area contributed by atoms with Gasteiger partial charge in [0.1, 0.15) is 6.33 Å². The van der Waals surface area contributed by atoms with Gasteiger partial charge in [-0.1, -0.05) is 11.8 Å². The highest BCUT2D eigenvalue weighted by Crippen LogP contribution is 2.37.